The molecule has 1 aromatic rings. The molecule has 0 aromatic heterocycles. The van der Waals surface area contributed by atoms with Gasteiger partial charge in [-0.15, -0.1) is 0 Å². The summed E-state index contributed by atoms with van der Waals surface area (Å²) >= 11 is 0. The molecule has 0 saturated carbocycles. The van der Waals surface area contributed by atoms with Crippen molar-refractivity contribution < 1.29 is 18.3 Å². The van der Waals surface area contributed by atoms with Gasteiger partial charge in [-0.3, -0.25) is 0 Å². The Morgan fingerprint density at radius 3 is 2.43 bits per heavy atom. The van der Waals surface area contributed by atoms with Crippen molar-refractivity contribution in [2.24, 2.45) is 5.92 Å². The minimum atomic E-state index is -3.71. The lowest BCUT2D eigenvalue weighted by Crippen LogP contribution is -2.36. The van der Waals surface area contributed by atoms with Gasteiger partial charge in [0.15, 0.2) is 0 Å². The highest BCUT2D eigenvalue weighted by atomic mass is 32.2. The lowest BCUT2D eigenvalue weighted by Gasteiger charge is -2.20. The molecule has 0 amide bonds. The molecule has 1 atom stereocenters. The van der Waals surface area contributed by atoms with Crippen LogP contribution >= 0.6 is 0 Å². The third-order valence-corrected chi connectivity index (χ3v) is 5.13. The molecule has 21 heavy (non-hydrogen) atoms. The molecule has 0 spiro atoms. The fourth-order valence-electron chi connectivity index (χ4n) is 2.27. The topological polar surface area (TPSA) is 75.6 Å². The Labute approximate surface area is 127 Å². The van der Waals surface area contributed by atoms with Crippen LogP contribution in [-0.2, 0) is 10.0 Å². The van der Waals surface area contributed by atoms with E-state index in [0.717, 1.165) is 18.4 Å². The molecule has 5 nitrogen and oxygen atoms in total. The monoisotopic (exact) mass is 315 g/mol. The van der Waals surface area contributed by atoms with Crippen molar-refractivity contribution in [2.45, 2.75) is 44.6 Å². The zero-order valence-electron chi connectivity index (χ0n) is 13.1. The van der Waals surface area contributed by atoms with Crippen molar-refractivity contribution in [3.63, 3.8) is 0 Å². The Balaban J connectivity index is 2.90. The van der Waals surface area contributed by atoms with E-state index in [9.17, 15) is 13.5 Å². The first kappa shape index (κ1) is 17.9. The minimum absolute atomic E-state index is 0.00573. The van der Waals surface area contributed by atoms with Gasteiger partial charge in [0.2, 0.25) is 10.0 Å². The number of sulfonamides is 1. The summed E-state index contributed by atoms with van der Waals surface area (Å²) in [5.74, 6) is 0.386. The number of aryl methyl sites for hydroxylation is 1. The van der Waals surface area contributed by atoms with Gasteiger partial charge in [-0.25, -0.2) is 13.1 Å². The Hall–Kier alpha value is -1.11. The molecule has 1 rings (SSSR count). The van der Waals surface area contributed by atoms with Crippen LogP contribution in [0.3, 0.4) is 0 Å². The summed E-state index contributed by atoms with van der Waals surface area (Å²) in [7, 11) is -2.27. The molecule has 6 heteroatoms. The number of rotatable bonds is 8. The second-order valence-electron chi connectivity index (χ2n) is 5.15. The van der Waals surface area contributed by atoms with Crippen molar-refractivity contribution in [2.75, 3.05) is 13.7 Å². The molecule has 0 radical (unpaired) electrons. The second-order valence-corrected chi connectivity index (χ2v) is 6.89. The third-order valence-electron chi connectivity index (χ3n) is 3.68. The molecule has 2 N–H and O–H groups in total. The molecule has 0 aliphatic heterocycles. The summed E-state index contributed by atoms with van der Waals surface area (Å²) in [6, 6.07) is 4.97. The van der Waals surface area contributed by atoms with Crippen molar-refractivity contribution >= 4 is 10.0 Å². The number of methoxy groups -OCH3 is 1. The van der Waals surface area contributed by atoms with Crippen LogP contribution in [0.25, 0.3) is 0 Å². The predicted molar refractivity (Wildman–Crippen MR) is 83.0 cm³/mol. The molecule has 120 valence electrons. The molecule has 0 heterocycles. The van der Waals surface area contributed by atoms with E-state index in [1.54, 1.807) is 18.2 Å². The molecule has 1 unspecified atom stereocenters. The SMILES string of the molecule is CCC(CC)C(O)CNS(=O)(=O)c1cc(C)ccc1OC. The number of nitrogens with one attached hydrogen (secondary N) is 1. The van der Waals surface area contributed by atoms with Crippen LogP contribution < -0.4 is 9.46 Å². The van der Waals surface area contributed by atoms with Gasteiger partial charge < -0.3 is 9.84 Å². The first-order valence-corrected chi connectivity index (χ1v) is 8.66. The number of aliphatic hydroxyl groups is 1. The van der Waals surface area contributed by atoms with Gasteiger partial charge in [-0.2, -0.15) is 0 Å². The van der Waals surface area contributed by atoms with Crippen LogP contribution in [0.15, 0.2) is 23.1 Å². The lowest BCUT2D eigenvalue weighted by atomic mass is 9.97. The molecular weight excluding hydrogens is 290 g/mol. The van der Waals surface area contributed by atoms with Crippen molar-refractivity contribution in [3.8, 4) is 5.75 Å². The van der Waals surface area contributed by atoms with Crippen LogP contribution in [0.5, 0.6) is 5.75 Å². The van der Waals surface area contributed by atoms with Crippen LogP contribution in [-0.4, -0.2) is 33.3 Å². The molecule has 1 aromatic carbocycles. The fourth-order valence-corrected chi connectivity index (χ4v) is 3.57. The summed E-state index contributed by atoms with van der Waals surface area (Å²) in [5, 5.41) is 10.0. The smallest absolute Gasteiger partial charge is 0.244 e. The van der Waals surface area contributed by atoms with Gasteiger partial charge >= 0.3 is 0 Å². The largest absolute Gasteiger partial charge is 0.495 e. The quantitative estimate of drug-likeness (QED) is 0.770. The summed E-state index contributed by atoms with van der Waals surface area (Å²) in [6.45, 7) is 5.79. The number of hydrogen-bond donors (Lipinski definition) is 2. The van der Waals surface area contributed by atoms with Gasteiger partial charge in [0.25, 0.3) is 0 Å². The molecule has 0 fully saturated rings. The van der Waals surface area contributed by atoms with E-state index in [1.165, 1.54) is 7.11 Å². The van der Waals surface area contributed by atoms with E-state index in [2.05, 4.69) is 4.72 Å². The number of aliphatic hydroxyl groups excluding tert-OH is 1. The average molecular weight is 315 g/mol. The van der Waals surface area contributed by atoms with E-state index >= 15 is 0 Å². The van der Waals surface area contributed by atoms with Crippen molar-refractivity contribution in [1.29, 1.82) is 0 Å². The molecule has 0 aliphatic carbocycles. The Morgan fingerprint density at radius 2 is 1.90 bits per heavy atom. The number of hydrogen-bond acceptors (Lipinski definition) is 4. The summed E-state index contributed by atoms with van der Waals surface area (Å²) in [5.41, 5.74) is 0.830. The normalized spacial score (nSPS) is 13.4. The maximum absolute atomic E-state index is 12.4. The number of benzene rings is 1. The molecule has 0 bridgehead atoms. The zero-order valence-corrected chi connectivity index (χ0v) is 13.9. The predicted octanol–water partition coefficient (Wildman–Crippen LogP) is 2.08. The summed E-state index contributed by atoms with van der Waals surface area (Å²) < 4.78 is 32.3. The van der Waals surface area contributed by atoms with E-state index in [1.807, 2.05) is 20.8 Å². The lowest BCUT2D eigenvalue weighted by molar-refractivity contribution is 0.107. The van der Waals surface area contributed by atoms with Gasteiger partial charge in [0.1, 0.15) is 10.6 Å². The first-order chi connectivity index (χ1) is 9.85. The maximum Gasteiger partial charge on any atom is 0.244 e. The Bertz CT molecular complexity index is 553. The van der Waals surface area contributed by atoms with Crippen LogP contribution in [0.2, 0.25) is 0 Å². The van der Waals surface area contributed by atoms with Crippen LogP contribution in [0, 0.1) is 12.8 Å². The second kappa shape index (κ2) is 7.77. The maximum atomic E-state index is 12.4. The van der Waals surface area contributed by atoms with Crippen molar-refractivity contribution in [3.05, 3.63) is 23.8 Å². The average Bonchev–Trinajstić information content (AvgIpc) is 2.46. The van der Waals surface area contributed by atoms with Crippen molar-refractivity contribution in [1.82, 2.24) is 4.72 Å². The fraction of sp³-hybridized carbons (Fsp3) is 0.600. The highest BCUT2D eigenvalue weighted by molar-refractivity contribution is 7.89. The Kier molecular flexibility index (Phi) is 6.64. The summed E-state index contributed by atoms with van der Waals surface area (Å²) in [6.07, 6.45) is 0.936. The number of ether oxygens (including phenoxy) is 1. The molecule has 0 saturated heterocycles. The van der Waals surface area contributed by atoms with Gasteiger partial charge in [-0.05, 0) is 30.5 Å². The first-order valence-electron chi connectivity index (χ1n) is 7.18. The van der Waals surface area contributed by atoms with Gasteiger partial charge in [0.05, 0.1) is 13.2 Å². The van der Waals surface area contributed by atoms with E-state index in [0.29, 0.717) is 5.75 Å². The summed E-state index contributed by atoms with van der Waals surface area (Å²) in [4.78, 5) is 0.0988. The standard InChI is InChI=1S/C15H25NO4S/c1-5-12(6-2)13(17)10-16-21(18,19)15-9-11(3)7-8-14(15)20-4/h7-9,12-13,16-17H,5-6,10H2,1-4H3. The van der Waals surface area contributed by atoms with E-state index < -0.39 is 16.1 Å². The van der Waals surface area contributed by atoms with Gasteiger partial charge in [-0.1, -0.05) is 32.8 Å². The highest BCUT2D eigenvalue weighted by Gasteiger charge is 2.23. The zero-order chi connectivity index (χ0) is 16.0. The molecule has 0 aliphatic rings. The Morgan fingerprint density at radius 1 is 1.29 bits per heavy atom. The van der Waals surface area contributed by atoms with Crippen LogP contribution in [0.1, 0.15) is 32.3 Å². The minimum Gasteiger partial charge on any atom is -0.495 e. The molecular formula is C15H25NO4S. The third kappa shape index (κ3) is 4.69. The van der Waals surface area contributed by atoms with E-state index in [-0.39, 0.29) is 17.4 Å². The van der Waals surface area contributed by atoms with Gasteiger partial charge in [0, 0.05) is 6.54 Å². The highest BCUT2D eigenvalue weighted by Crippen LogP contribution is 2.24. The van der Waals surface area contributed by atoms with Crippen LogP contribution in [0.4, 0.5) is 0 Å². The van der Waals surface area contributed by atoms with E-state index in [4.69, 9.17) is 4.74 Å².